The lowest BCUT2D eigenvalue weighted by Gasteiger charge is -2.32. The summed E-state index contributed by atoms with van der Waals surface area (Å²) < 4.78 is 35.1. The van der Waals surface area contributed by atoms with Crippen LogP contribution in [0.1, 0.15) is 39.7 Å². The van der Waals surface area contributed by atoms with Crippen molar-refractivity contribution in [2.45, 2.75) is 57.6 Å². The lowest BCUT2D eigenvalue weighted by atomic mass is 10.1. The molecule has 0 aliphatic heterocycles. The van der Waals surface area contributed by atoms with Crippen molar-refractivity contribution >= 4 is 43.5 Å². The molecule has 3 rings (SSSR count). The normalized spacial score (nSPS) is 12.7. The summed E-state index contributed by atoms with van der Waals surface area (Å²) in [5, 5.41) is 2.93. The molecule has 1 N–H and O–H groups in total. The first kappa shape index (κ1) is 31.2. The molecule has 40 heavy (non-hydrogen) atoms. The molecule has 0 radical (unpaired) electrons. The van der Waals surface area contributed by atoms with Crippen molar-refractivity contribution in [3.63, 3.8) is 0 Å². The molecule has 2 amide bonds. The first-order chi connectivity index (χ1) is 19.1. The molecule has 0 saturated heterocycles. The summed E-state index contributed by atoms with van der Waals surface area (Å²) in [6.45, 7) is 7.44. The highest BCUT2D eigenvalue weighted by Gasteiger charge is 2.32. The molecule has 0 bridgehead atoms. The van der Waals surface area contributed by atoms with Crippen molar-refractivity contribution in [1.82, 2.24) is 10.2 Å². The van der Waals surface area contributed by atoms with Gasteiger partial charge in [-0.15, -0.1) is 0 Å². The smallest absolute Gasteiger partial charge is 0.264 e. The molecule has 3 aromatic carbocycles. The van der Waals surface area contributed by atoms with Gasteiger partial charge in [0.05, 0.1) is 17.2 Å². The van der Waals surface area contributed by atoms with E-state index in [9.17, 15) is 18.0 Å². The molecule has 0 heterocycles. The maximum absolute atomic E-state index is 13.9. The zero-order valence-corrected chi connectivity index (χ0v) is 25.6. The number of anilines is 1. The van der Waals surface area contributed by atoms with Gasteiger partial charge in [0.2, 0.25) is 11.8 Å². The van der Waals surface area contributed by atoms with Gasteiger partial charge in [-0.1, -0.05) is 53.2 Å². The van der Waals surface area contributed by atoms with Gasteiger partial charge in [-0.25, -0.2) is 8.42 Å². The minimum atomic E-state index is -4.14. The third kappa shape index (κ3) is 8.08. The SMILES string of the molecule is CCOc1ccc(S(=O)(=O)N(CC(=O)N(Cc2cccc(Br)c2)C(C)C(=O)NC(C)CC)c2ccccc2)cc1. The first-order valence-corrected chi connectivity index (χ1v) is 15.4. The second-order valence-corrected chi connectivity index (χ2v) is 12.2. The summed E-state index contributed by atoms with van der Waals surface area (Å²) in [6.07, 6.45) is 0.736. The molecule has 2 atom stereocenters. The van der Waals surface area contributed by atoms with E-state index in [-0.39, 0.29) is 23.4 Å². The second-order valence-electron chi connectivity index (χ2n) is 9.40. The van der Waals surface area contributed by atoms with Crippen LogP contribution in [0.3, 0.4) is 0 Å². The molecule has 0 fully saturated rings. The monoisotopic (exact) mass is 629 g/mol. The van der Waals surface area contributed by atoms with Gasteiger partial charge < -0.3 is 15.0 Å². The van der Waals surface area contributed by atoms with Gasteiger partial charge in [-0.3, -0.25) is 13.9 Å². The Kier molecular flexibility index (Phi) is 11.2. The Balaban J connectivity index is 1.99. The summed E-state index contributed by atoms with van der Waals surface area (Å²) >= 11 is 3.46. The van der Waals surface area contributed by atoms with Gasteiger partial charge in [-0.2, -0.15) is 0 Å². The van der Waals surface area contributed by atoms with Crippen molar-refractivity contribution in [3.8, 4) is 5.75 Å². The molecule has 10 heteroatoms. The van der Waals surface area contributed by atoms with Crippen molar-refractivity contribution in [2.75, 3.05) is 17.5 Å². The molecule has 0 saturated carbocycles. The quantitative estimate of drug-likeness (QED) is 0.274. The minimum Gasteiger partial charge on any atom is -0.494 e. The van der Waals surface area contributed by atoms with Gasteiger partial charge in [0.25, 0.3) is 10.0 Å². The summed E-state index contributed by atoms with van der Waals surface area (Å²) in [4.78, 5) is 28.5. The number of benzene rings is 3. The number of rotatable bonds is 13. The van der Waals surface area contributed by atoms with Gasteiger partial charge >= 0.3 is 0 Å². The predicted molar refractivity (Wildman–Crippen MR) is 161 cm³/mol. The van der Waals surface area contributed by atoms with Crippen LogP contribution in [0.2, 0.25) is 0 Å². The van der Waals surface area contributed by atoms with Crippen LogP contribution in [0.25, 0.3) is 0 Å². The van der Waals surface area contributed by atoms with Crippen LogP contribution in [0.4, 0.5) is 5.69 Å². The summed E-state index contributed by atoms with van der Waals surface area (Å²) in [5.41, 5.74) is 1.13. The van der Waals surface area contributed by atoms with E-state index in [1.807, 2.05) is 45.0 Å². The number of amides is 2. The van der Waals surface area contributed by atoms with E-state index >= 15 is 0 Å². The summed E-state index contributed by atoms with van der Waals surface area (Å²) in [6, 6.07) is 21.1. The third-order valence-electron chi connectivity index (χ3n) is 6.46. The zero-order chi connectivity index (χ0) is 29.3. The fourth-order valence-electron chi connectivity index (χ4n) is 4.00. The number of sulfonamides is 1. The largest absolute Gasteiger partial charge is 0.494 e. The molecule has 214 valence electrons. The van der Waals surface area contributed by atoms with Crippen molar-refractivity contribution in [2.24, 2.45) is 0 Å². The lowest BCUT2D eigenvalue weighted by Crippen LogP contribution is -2.52. The highest BCUT2D eigenvalue weighted by atomic mass is 79.9. The van der Waals surface area contributed by atoms with Crippen molar-refractivity contribution in [3.05, 3.63) is 88.9 Å². The highest BCUT2D eigenvalue weighted by Crippen LogP contribution is 2.26. The number of nitrogens with zero attached hydrogens (tertiary/aromatic N) is 2. The molecule has 0 aliphatic rings. The zero-order valence-electron chi connectivity index (χ0n) is 23.2. The fourth-order valence-corrected chi connectivity index (χ4v) is 5.87. The van der Waals surface area contributed by atoms with E-state index in [1.54, 1.807) is 49.4 Å². The molecule has 0 spiro atoms. The van der Waals surface area contributed by atoms with E-state index in [0.29, 0.717) is 18.0 Å². The van der Waals surface area contributed by atoms with Gasteiger partial charge in [0, 0.05) is 17.1 Å². The number of hydrogen-bond acceptors (Lipinski definition) is 5. The van der Waals surface area contributed by atoms with Crippen LogP contribution >= 0.6 is 15.9 Å². The third-order valence-corrected chi connectivity index (χ3v) is 8.74. The topological polar surface area (TPSA) is 96.0 Å². The van der Waals surface area contributed by atoms with Crippen LogP contribution < -0.4 is 14.4 Å². The number of para-hydroxylation sites is 1. The molecule has 8 nitrogen and oxygen atoms in total. The summed E-state index contributed by atoms with van der Waals surface area (Å²) in [5.74, 6) is -0.270. The lowest BCUT2D eigenvalue weighted by molar-refractivity contribution is -0.139. The van der Waals surface area contributed by atoms with Gasteiger partial charge in [0.1, 0.15) is 18.3 Å². The number of carbonyl (C=O) groups excluding carboxylic acids is 2. The van der Waals surface area contributed by atoms with Crippen LogP contribution in [0, 0.1) is 0 Å². The van der Waals surface area contributed by atoms with Gasteiger partial charge in [0.15, 0.2) is 0 Å². The number of ether oxygens (including phenoxy) is 1. The Hall–Kier alpha value is -3.37. The van der Waals surface area contributed by atoms with Crippen molar-refractivity contribution < 1.29 is 22.7 Å². The number of nitrogens with one attached hydrogen (secondary N) is 1. The second kappa shape index (κ2) is 14.3. The van der Waals surface area contributed by atoms with E-state index in [4.69, 9.17) is 4.74 Å². The standard InChI is InChI=1S/C30H36BrN3O5S/c1-5-22(3)32-30(36)23(4)33(20-24-11-10-12-25(31)19-24)29(35)21-34(26-13-8-7-9-14-26)40(37,38)28-17-15-27(16-18-28)39-6-2/h7-19,22-23H,5-6,20-21H2,1-4H3,(H,32,36). The molecule has 3 aromatic rings. The Morgan fingerprint density at radius 1 is 0.950 bits per heavy atom. The van der Waals surface area contributed by atoms with Gasteiger partial charge in [-0.05, 0) is 81.3 Å². The molecular weight excluding hydrogens is 594 g/mol. The predicted octanol–water partition coefficient (Wildman–Crippen LogP) is 5.38. The van der Waals surface area contributed by atoms with E-state index in [2.05, 4.69) is 21.2 Å². The minimum absolute atomic E-state index is 0.0220. The van der Waals surface area contributed by atoms with Crippen LogP contribution in [0.5, 0.6) is 5.75 Å². The maximum Gasteiger partial charge on any atom is 0.264 e. The molecule has 0 aliphatic carbocycles. The average molecular weight is 631 g/mol. The van der Waals surface area contributed by atoms with Crippen LogP contribution in [0.15, 0.2) is 88.2 Å². The fraction of sp³-hybridized carbons (Fsp3) is 0.333. The van der Waals surface area contributed by atoms with Crippen LogP contribution in [-0.4, -0.2) is 50.4 Å². The molecular formula is C30H36BrN3O5S. The number of carbonyl (C=O) groups is 2. The maximum atomic E-state index is 13.9. The molecule has 0 aromatic heterocycles. The average Bonchev–Trinajstić information content (AvgIpc) is 2.95. The van der Waals surface area contributed by atoms with E-state index in [0.717, 1.165) is 20.8 Å². The summed E-state index contributed by atoms with van der Waals surface area (Å²) in [7, 11) is -4.14. The Morgan fingerprint density at radius 3 is 2.23 bits per heavy atom. The van der Waals surface area contributed by atoms with E-state index in [1.165, 1.54) is 17.0 Å². The Labute approximate surface area is 245 Å². The Morgan fingerprint density at radius 2 is 1.62 bits per heavy atom. The number of halogens is 1. The highest BCUT2D eigenvalue weighted by molar-refractivity contribution is 9.10. The molecule has 2 unspecified atom stereocenters. The van der Waals surface area contributed by atoms with Crippen LogP contribution in [-0.2, 0) is 26.2 Å². The first-order valence-electron chi connectivity index (χ1n) is 13.2. The van der Waals surface area contributed by atoms with Crippen molar-refractivity contribution in [1.29, 1.82) is 0 Å². The Bertz CT molecular complexity index is 1380. The number of hydrogen-bond donors (Lipinski definition) is 1. The van der Waals surface area contributed by atoms with E-state index < -0.39 is 28.5 Å².